The number of thiocarbonyl (C=S) groups is 1. The first kappa shape index (κ1) is 21.9. The number of benzene rings is 1. The summed E-state index contributed by atoms with van der Waals surface area (Å²) in [5.41, 5.74) is 1.45. The molecule has 0 fully saturated rings. The van der Waals surface area contributed by atoms with E-state index in [9.17, 15) is 9.59 Å². The van der Waals surface area contributed by atoms with Crippen LogP contribution >= 0.6 is 35.2 Å². The van der Waals surface area contributed by atoms with Gasteiger partial charge in [0.25, 0.3) is 5.91 Å². The van der Waals surface area contributed by atoms with Gasteiger partial charge in [-0.1, -0.05) is 11.6 Å². The molecular weight excluding hydrogens is 422 g/mol. The summed E-state index contributed by atoms with van der Waals surface area (Å²) in [7, 11) is 6.10. The minimum atomic E-state index is -0.552. The van der Waals surface area contributed by atoms with Gasteiger partial charge in [-0.3, -0.25) is 4.79 Å². The van der Waals surface area contributed by atoms with E-state index in [-0.39, 0.29) is 16.6 Å². The standard InChI is InChI=1S/C18H20ClN3O4S2/c1-9-13(17(24)26-5)15(28-14(9)16(23)22(2)3)21-18(27)20-10-6-7-12(25-4)11(19)8-10/h6-8H,1-5H3,(H2,20,21,27). The Morgan fingerprint density at radius 1 is 1.21 bits per heavy atom. The SMILES string of the molecule is COC(=O)c1c(NC(=S)Nc2ccc(OC)c(Cl)c2)sc(C(=O)N(C)C)c1C. The maximum absolute atomic E-state index is 12.4. The Morgan fingerprint density at radius 2 is 1.89 bits per heavy atom. The van der Waals surface area contributed by atoms with Crippen molar-refractivity contribution in [1.29, 1.82) is 0 Å². The lowest BCUT2D eigenvalue weighted by Crippen LogP contribution is -2.21. The number of rotatable bonds is 5. The fraction of sp³-hybridized carbons (Fsp3) is 0.278. The van der Waals surface area contributed by atoms with Crippen molar-refractivity contribution in [2.45, 2.75) is 6.92 Å². The highest BCUT2D eigenvalue weighted by atomic mass is 35.5. The van der Waals surface area contributed by atoms with E-state index in [1.807, 2.05) is 0 Å². The highest BCUT2D eigenvalue weighted by molar-refractivity contribution is 7.80. The summed E-state index contributed by atoms with van der Waals surface area (Å²) in [6.07, 6.45) is 0. The molecule has 0 saturated carbocycles. The van der Waals surface area contributed by atoms with Gasteiger partial charge in [0, 0.05) is 19.8 Å². The molecule has 0 atom stereocenters. The molecule has 0 aliphatic rings. The third-order valence-electron chi connectivity index (χ3n) is 3.77. The molecule has 1 aromatic carbocycles. The fourth-order valence-electron chi connectivity index (χ4n) is 2.37. The number of nitrogens with zero attached hydrogens (tertiary/aromatic N) is 1. The average molecular weight is 442 g/mol. The number of carbonyl (C=O) groups is 2. The van der Waals surface area contributed by atoms with E-state index in [0.717, 1.165) is 11.3 Å². The van der Waals surface area contributed by atoms with E-state index < -0.39 is 5.97 Å². The number of methoxy groups -OCH3 is 2. The molecule has 2 rings (SSSR count). The molecule has 2 N–H and O–H groups in total. The molecule has 1 heterocycles. The topological polar surface area (TPSA) is 79.9 Å². The second-order valence-electron chi connectivity index (χ2n) is 5.88. The van der Waals surface area contributed by atoms with E-state index in [4.69, 9.17) is 33.3 Å². The smallest absolute Gasteiger partial charge is 0.341 e. The average Bonchev–Trinajstić information content (AvgIpc) is 2.96. The molecule has 150 valence electrons. The largest absolute Gasteiger partial charge is 0.495 e. The van der Waals surface area contributed by atoms with Gasteiger partial charge in [-0.2, -0.15) is 0 Å². The summed E-state index contributed by atoms with van der Waals surface area (Å²) in [5, 5.41) is 7.04. The fourth-order valence-corrected chi connectivity index (χ4v) is 4.13. The second kappa shape index (κ2) is 9.22. The summed E-state index contributed by atoms with van der Waals surface area (Å²) in [4.78, 5) is 26.5. The first-order valence-corrected chi connectivity index (χ1v) is 9.64. The number of carbonyl (C=O) groups excluding carboxylic acids is 2. The van der Waals surface area contributed by atoms with Gasteiger partial charge >= 0.3 is 5.97 Å². The molecule has 0 bridgehead atoms. The van der Waals surface area contributed by atoms with Gasteiger partial charge in [0.05, 0.1) is 29.7 Å². The minimum Gasteiger partial charge on any atom is -0.495 e. The molecule has 0 aliphatic heterocycles. The Hall–Kier alpha value is -2.36. The molecule has 2 aromatic rings. The van der Waals surface area contributed by atoms with Crippen LogP contribution in [0.4, 0.5) is 10.7 Å². The van der Waals surface area contributed by atoms with Crippen molar-refractivity contribution in [1.82, 2.24) is 4.90 Å². The number of thiophene rings is 1. The van der Waals surface area contributed by atoms with Gasteiger partial charge in [0.15, 0.2) is 5.11 Å². The Morgan fingerprint density at radius 3 is 2.43 bits per heavy atom. The molecule has 1 aromatic heterocycles. The maximum Gasteiger partial charge on any atom is 0.341 e. The zero-order valence-electron chi connectivity index (χ0n) is 16.0. The van der Waals surface area contributed by atoms with Crippen LogP contribution in [-0.4, -0.2) is 50.2 Å². The Bertz CT molecular complexity index is 928. The molecule has 10 heteroatoms. The van der Waals surface area contributed by atoms with Crippen LogP contribution in [0.1, 0.15) is 25.6 Å². The Balaban J connectivity index is 2.30. The number of nitrogens with one attached hydrogen (secondary N) is 2. The van der Waals surface area contributed by atoms with Crippen LogP contribution in [0, 0.1) is 6.92 Å². The van der Waals surface area contributed by atoms with Crippen LogP contribution in [-0.2, 0) is 4.74 Å². The third kappa shape index (κ3) is 4.73. The predicted molar refractivity (Wildman–Crippen MR) is 116 cm³/mol. The van der Waals surface area contributed by atoms with Crippen molar-refractivity contribution in [3.8, 4) is 5.75 Å². The normalized spacial score (nSPS) is 10.2. The summed E-state index contributed by atoms with van der Waals surface area (Å²) < 4.78 is 9.98. The highest BCUT2D eigenvalue weighted by Crippen LogP contribution is 2.34. The summed E-state index contributed by atoms with van der Waals surface area (Å²) >= 11 is 12.6. The van der Waals surface area contributed by atoms with Gasteiger partial charge in [-0.05, 0) is 42.9 Å². The lowest BCUT2D eigenvalue weighted by molar-refractivity contribution is 0.0601. The first-order chi connectivity index (χ1) is 13.2. The molecule has 0 radical (unpaired) electrons. The number of halogens is 1. The molecule has 1 amide bonds. The molecule has 7 nitrogen and oxygen atoms in total. The van der Waals surface area contributed by atoms with E-state index >= 15 is 0 Å². The third-order valence-corrected chi connectivity index (χ3v) is 5.47. The van der Waals surface area contributed by atoms with E-state index in [1.165, 1.54) is 19.1 Å². The van der Waals surface area contributed by atoms with Crippen molar-refractivity contribution in [2.24, 2.45) is 0 Å². The van der Waals surface area contributed by atoms with Crippen molar-refractivity contribution in [3.63, 3.8) is 0 Å². The van der Waals surface area contributed by atoms with Gasteiger partial charge < -0.3 is 25.0 Å². The molecule has 0 aliphatic carbocycles. The second-order valence-corrected chi connectivity index (χ2v) is 7.72. The van der Waals surface area contributed by atoms with Crippen LogP contribution in [0.3, 0.4) is 0 Å². The molecular formula is C18H20ClN3O4S2. The van der Waals surface area contributed by atoms with Crippen LogP contribution in [0.25, 0.3) is 0 Å². The summed E-state index contributed by atoms with van der Waals surface area (Å²) in [5.74, 6) is -0.217. The van der Waals surface area contributed by atoms with Gasteiger partial charge in [-0.15, -0.1) is 11.3 Å². The maximum atomic E-state index is 12.4. The van der Waals surface area contributed by atoms with Crippen molar-refractivity contribution >= 4 is 62.8 Å². The van der Waals surface area contributed by atoms with E-state index in [1.54, 1.807) is 39.2 Å². The summed E-state index contributed by atoms with van der Waals surface area (Å²) in [6, 6.07) is 5.12. The zero-order chi connectivity index (χ0) is 21.0. The minimum absolute atomic E-state index is 0.207. The highest BCUT2D eigenvalue weighted by Gasteiger charge is 2.26. The van der Waals surface area contributed by atoms with Crippen molar-refractivity contribution in [3.05, 3.63) is 39.2 Å². The molecule has 28 heavy (non-hydrogen) atoms. The molecule has 0 spiro atoms. The number of hydrogen-bond acceptors (Lipinski definition) is 6. The van der Waals surface area contributed by atoms with Gasteiger partial charge in [0.1, 0.15) is 10.8 Å². The molecule has 0 unspecified atom stereocenters. The van der Waals surface area contributed by atoms with Gasteiger partial charge in [-0.25, -0.2) is 4.79 Å². The van der Waals surface area contributed by atoms with Crippen LogP contribution < -0.4 is 15.4 Å². The number of amides is 1. The predicted octanol–water partition coefficient (Wildman–Crippen LogP) is 4.02. The van der Waals surface area contributed by atoms with Crippen molar-refractivity contribution in [2.75, 3.05) is 38.9 Å². The number of esters is 1. The number of hydrogen-bond donors (Lipinski definition) is 2. The Labute approximate surface area is 177 Å². The van der Waals surface area contributed by atoms with E-state index in [2.05, 4.69) is 10.6 Å². The monoisotopic (exact) mass is 441 g/mol. The quantitative estimate of drug-likeness (QED) is 0.535. The Kier molecular flexibility index (Phi) is 7.22. The lowest BCUT2D eigenvalue weighted by Gasteiger charge is -2.12. The lowest BCUT2D eigenvalue weighted by atomic mass is 10.1. The summed E-state index contributed by atoms with van der Waals surface area (Å²) in [6.45, 7) is 1.70. The van der Waals surface area contributed by atoms with E-state index in [0.29, 0.717) is 31.9 Å². The van der Waals surface area contributed by atoms with Crippen LogP contribution in [0.5, 0.6) is 5.75 Å². The number of ether oxygens (including phenoxy) is 2. The molecule has 0 saturated heterocycles. The van der Waals surface area contributed by atoms with Crippen molar-refractivity contribution < 1.29 is 19.1 Å². The van der Waals surface area contributed by atoms with Crippen LogP contribution in [0.2, 0.25) is 5.02 Å². The van der Waals surface area contributed by atoms with Crippen LogP contribution in [0.15, 0.2) is 18.2 Å². The number of anilines is 2. The first-order valence-electron chi connectivity index (χ1n) is 8.04. The van der Waals surface area contributed by atoms with Gasteiger partial charge in [0.2, 0.25) is 0 Å². The zero-order valence-corrected chi connectivity index (χ0v) is 18.4.